The Balaban J connectivity index is 0.000000182. The molecule has 67 heavy (non-hydrogen) atoms. The second kappa shape index (κ2) is 17.3. The van der Waals surface area contributed by atoms with Crippen molar-refractivity contribution >= 4 is 67.5 Å². The molecule has 9 rings (SSSR count). The molecule has 2 aromatic heterocycles. The number of para-hydroxylation sites is 2. The second-order valence-corrected chi connectivity index (χ2v) is 21.3. The van der Waals surface area contributed by atoms with Gasteiger partial charge in [-0.05, 0) is 57.4 Å². The van der Waals surface area contributed by atoms with Crippen molar-refractivity contribution in [3.05, 3.63) is 118 Å². The van der Waals surface area contributed by atoms with Crippen LogP contribution in [0.2, 0.25) is 0 Å². The van der Waals surface area contributed by atoms with Crippen molar-refractivity contribution in [2.75, 3.05) is 10.6 Å². The topological polar surface area (TPSA) is 190 Å². The van der Waals surface area contributed by atoms with Crippen molar-refractivity contribution in [1.29, 1.82) is 0 Å². The Morgan fingerprint density at radius 3 is 1.54 bits per heavy atom. The van der Waals surface area contributed by atoms with Crippen LogP contribution in [0.25, 0.3) is 0 Å². The van der Waals surface area contributed by atoms with E-state index < -0.39 is 56.4 Å². The molecule has 22 heteroatoms. The van der Waals surface area contributed by atoms with E-state index in [4.69, 9.17) is 18.8 Å². The van der Waals surface area contributed by atoms with Gasteiger partial charge in [0.1, 0.15) is 39.8 Å². The van der Waals surface area contributed by atoms with Crippen molar-refractivity contribution in [1.82, 2.24) is 20.4 Å². The normalized spacial score (nSPS) is 18.0. The number of halogens is 3. The second-order valence-electron chi connectivity index (χ2n) is 18.1. The Morgan fingerprint density at radius 1 is 0.657 bits per heavy atom. The quantitative estimate of drug-likeness (QED) is 0.0793. The third-order valence-corrected chi connectivity index (χ3v) is 14.5. The number of benzene rings is 4. The molecular formula is C45H44BF3N6O9S3. The van der Waals surface area contributed by atoms with Gasteiger partial charge in [0.15, 0.2) is 0 Å². The van der Waals surface area contributed by atoms with Gasteiger partial charge in [-0.1, -0.05) is 105 Å². The highest BCUT2D eigenvalue weighted by Gasteiger charge is 2.53. The van der Waals surface area contributed by atoms with E-state index in [0.29, 0.717) is 32.9 Å². The zero-order chi connectivity index (χ0) is 48.3. The summed E-state index contributed by atoms with van der Waals surface area (Å²) in [5.74, 6) is 0.00838. The molecule has 0 saturated carbocycles. The number of hydrogen-bond donors (Lipinski definition) is 2. The molecule has 5 heterocycles. The van der Waals surface area contributed by atoms with Crippen molar-refractivity contribution in [2.45, 2.75) is 83.9 Å². The third kappa shape index (κ3) is 9.11. The largest absolute Gasteiger partial charge is 0.534 e. The summed E-state index contributed by atoms with van der Waals surface area (Å²) in [5.41, 5.74) is -1.32. The number of carbonyl (C=O) groups excluding carboxylic acids is 2. The number of hydrogen-bond acceptors (Lipinski definition) is 15. The lowest BCUT2D eigenvalue weighted by atomic mass is 9.68. The fourth-order valence-electron chi connectivity index (χ4n) is 8.06. The minimum atomic E-state index is -5.85. The predicted molar refractivity (Wildman–Crippen MR) is 246 cm³/mol. The lowest BCUT2D eigenvalue weighted by Crippen LogP contribution is -2.41. The minimum Gasteiger partial charge on any atom is -0.457 e. The fraction of sp³-hybridized carbons (Fsp3) is 0.333. The van der Waals surface area contributed by atoms with Gasteiger partial charge in [0.25, 0.3) is 0 Å². The van der Waals surface area contributed by atoms with Crippen molar-refractivity contribution in [3.63, 3.8) is 0 Å². The molecule has 1 saturated heterocycles. The summed E-state index contributed by atoms with van der Waals surface area (Å²) in [5, 5.41) is 21.7. The fourth-order valence-corrected chi connectivity index (χ4v) is 9.39. The summed E-state index contributed by atoms with van der Waals surface area (Å²) in [7, 11) is -6.35. The number of anilines is 2. The van der Waals surface area contributed by atoms with E-state index in [-0.39, 0.29) is 23.5 Å². The lowest BCUT2D eigenvalue weighted by Gasteiger charge is -2.38. The average Bonchev–Trinajstić information content (AvgIpc) is 4.02. The van der Waals surface area contributed by atoms with E-state index in [0.717, 1.165) is 45.8 Å². The van der Waals surface area contributed by atoms with Crippen LogP contribution in [0.5, 0.6) is 28.7 Å². The molecule has 0 spiro atoms. The molecule has 2 unspecified atom stereocenters. The summed E-state index contributed by atoms with van der Waals surface area (Å²) in [6.45, 7) is 15.4. The summed E-state index contributed by atoms with van der Waals surface area (Å²) < 4.78 is 89.8. The number of rotatable bonds is 9. The highest BCUT2D eigenvalue weighted by Crippen LogP contribution is 2.54. The summed E-state index contributed by atoms with van der Waals surface area (Å²) >= 11 is 2.44. The van der Waals surface area contributed by atoms with Gasteiger partial charge < -0.3 is 33.6 Å². The van der Waals surface area contributed by atoms with Gasteiger partial charge in [-0.25, -0.2) is 0 Å². The molecule has 2 amide bonds. The molecule has 2 N–H and O–H groups in total. The summed E-state index contributed by atoms with van der Waals surface area (Å²) in [6.07, 6.45) is 0. The Kier molecular flexibility index (Phi) is 12.3. The Hall–Kier alpha value is -5.94. The molecule has 4 aromatic carbocycles. The molecular weight excluding hydrogens is 933 g/mol. The number of ether oxygens (including phenoxy) is 2. The zero-order valence-corrected chi connectivity index (χ0v) is 39.7. The van der Waals surface area contributed by atoms with Gasteiger partial charge in [0, 0.05) is 40.2 Å². The number of amides is 2. The van der Waals surface area contributed by atoms with Crippen LogP contribution < -0.4 is 29.8 Å². The van der Waals surface area contributed by atoms with E-state index in [1.165, 1.54) is 22.9 Å². The number of nitrogens with zero attached hydrogens (tertiary/aromatic N) is 4. The Bertz CT molecular complexity index is 2940. The molecule has 1 fully saturated rings. The lowest BCUT2D eigenvalue weighted by molar-refractivity contribution is -0.125. The molecule has 15 nitrogen and oxygen atoms in total. The molecule has 0 radical (unpaired) electrons. The van der Waals surface area contributed by atoms with Crippen LogP contribution in [0.3, 0.4) is 0 Å². The average molecular weight is 977 g/mol. The smallest absolute Gasteiger partial charge is 0.457 e. The van der Waals surface area contributed by atoms with Crippen LogP contribution in [-0.2, 0) is 29.0 Å². The molecule has 3 aliphatic rings. The van der Waals surface area contributed by atoms with Gasteiger partial charge in [-0.15, -0.1) is 20.4 Å². The molecule has 0 aliphatic carbocycles. The Morgan fingerprint density at radius 2 is 1.09 bits per heavy atom. The van der Waals surface area contributed by atoms with Crippen LogP contribution in [0, 0.1) is 10.8 Å². The zero-order valence-electron chi connectivity index (χ0n) is 37.3. The maximum atomic E-state index is 13.4. The third-order valence-electron chi connectivity index (χ3n) is 12.3. The highest BCUT2D eigenvalue weighted by atomic mass is 32.2. The number of aromatic nitrogens is 4. The number of fused-ring (bicyclic) bond motifs is 4. The monoisotopic (exact) mass is 976 g/mol. The van der Waals surface area contributed by atoms with Gasteiger partial charge in [0.05, 0.1) is 22.0 Å². The molecule has 350 valence electrons. The van der Waals surface area contributed by atoms with Gasteiger partial charge in [0.2, 0.25) is 22.1 Å². The van der Waals surface area contributed by atoms with Crippen LogP contribution in [0.15, 0.2) is 96.0 Å². The van der Waals surface area contributed by atoms with Gasteiger partial charge in [-0.2, -0.15) is 21.6 Å². The van der Waals surface area contributed by atoms with Crippen LogP contribution in [0.1, 0.15) is 89.5 Å². The minimum absolute atomic E-state index is 0.0744. The van der Waals surface area contributed by atoms with Crippen molar-refractivity contribution in [3.8, 4) is 28.7 Å². The highest BCUT2D eigenvalue weighted by molar-refractivity contribution is 7.88. The Labute approximate surface area is 392 Å². The van der Waals surface area contributed by atoms with E-state index in [1.807, 2.05) is 84.0 Å². The van der Waals surface area contributed by atoms with E-state index >= 15 is 0 Å². The van der Waals surface area contributed by atoms with Crippen LogP contribution in [0.4, 0.5) is 23.4 Å². The van der Waals surface area contributed by atoms with Crippen molar-refractivity contribution < 1.29 is 54.1 Å². The van der Waals surface area contributed by atoms with Crippen LogP contribution in [-0.4, -0.2) is 64.5 Å². The van der Waals surface area contributed by atoms with E-state index in [1.54, 1.807) is 43.6 Å². The van der Waals surface area contributed by atoms with Crippen molar-refractivity contribution in [2.24, 2.45) is 10.8 Å². The predicted octanol–water partition coefficient (Wildman–Crippen LogP) is 9.41. The molecule has 0 bridgehead atoms. The first-order chi connectivity index (χ1) is 31.4. The molecule has 6 aromatic rings. The first kappa shape index (κ1) is 47.6. The van der Waals surface area contributed by atoms with Crippen LogP contribution >= 0.6 is 22.7 Å². The van der Waals surface area contributed by atoms with E-state index in [2.05, 4.69) is 35.2 Å². The molecule has 3 aliphatic heterocycles. The standard InChI is InChI=1S/C25H28BN3O4S.C20H16F3N3O5S2/c1-23(2,21(30)28-22-29-27-14-34-22)20-16-9-7-8-10-18(16)31-19-13-15(11-12-17(19)20)26-32-24(3,4)25(5,6)33-26;1-19(2,17(27)25-18-26-24-10-32-18)16-12-5-3-4-6-14(12)30-15-9-11(7-8-13(15)16)31-33(28,29)20(21,22)23/h7-14,20H,1-6H3,(H,28,29,30);3-10,16H,1-2H3,(H,25,26,27). The van der Waals surface area contributed by atoms with Gasteiger partial charge >= 0.3 is 22.7 Å². The SMILES string of the molecule is CC(C)(C(=O)Nc1nncs1)C1c2ccccc2Oc2cc(B3OC(C)(C)C(C)(C)O3)ccc21.CC(C)(C(=O)Nc1nncs1)C1c2ccccc2Oc2cc(OS(=O)(=O)C(F)(F)F)ccc21. The van der Waals surface area contributed by atoms with Gasteiger partial charge in [-0.3, -0.25) is 9.59 Å². The number of carbonyl (C=O) groups is 2. The number of alkyl halides is 3. The molecule has 2 atom stereocenters. The first-order valence-corrected chi connectivity index (χ1v) is 23.9. The maximum absolute atomic E-state index is 13.4. The summed E-state index contributed by atoms with van der Waals surface area (Å²) in [4.78, 5) is 26.6. The first-order valence-electron chi connectivity index (χ1n) is 20.7. The van der Waals surface area contributed by atoms with E-state index in [9.17, 15) is 31.2 Å². The number of nitrogens with one attached hydrogen (secondary N) is 2. The summed E-state index contributed by atoms with van der Waals surface area (Å²) in [6, 6.07) is 24.3. The maximum Gasteiger partial charge on any atom is 0.534 e.